The maximum absolute atomic E-state index is 9.19. The molecule has 9 nitrogen and oxygen atoms in total. The lowest BCUT2D eigenvalue weighted by Gasteiger charge is -2.26. The first kappa shape index (κ1) is 20.4. The third-order valence-electron chi connectivity index (χ3n) is 4.83. The van der Waals surface area contributed by atoms with Crippen LogP contribution in [0.4, 0.5) is 11.5 Å². The Morgan fingerprint density at radius 1 is 1.28 bits per heavy atom. The minimum absolute atomic E-state index is 0.0788. The van der Waals surface area contributed by atoms with E-state index in [-0.39, 0.29) is 11.4 Å². The zero-order valence-electron chi connectivity index (χ0n) is 16.0. The molecule has 0 saturated carbocycles. The summed E-state index contributed by atoms with van der Waals surface area (Å²) in [6, 6.07) is 7.71. The zero-order valence-corrected chi connectivity index (χ0v) is 16.0. The van der Waals surface area contributed by atoms with Crippen molar-refractivity contribution in [2.24, 2.45) is 0 Å². The Morgan fingerprint density at radius 2 is 2.03 bits per heavy atom. The topological polar surface area (TPSA) is 137 Å². The molecule has 1 saturated heterocycles. The van der Waals surface area contributed by atoms with Crippen LogP contribution in [-0.2, 0) is 16.0 Å². The summed E-state index contributed by atoms with van der Waals surface area (Å²) in [7, 11) is 0. The van der Waals surface area contributed by atoms with Crippen LogP contribution in [0.1, 0.15) is 16.7 Å². The molecule has 3 heterocycles. The van der Waals surface area contributed by atoms with Gasteiger partial charge in [0.05, 0.1) is 18.9 Å². The smallest absolute Gasteiger partial charge is 0.226 e. The molecule has 29 heavy (non-hydrogen) atoms. The van der Waals surface area contributed by atoms with Crippen molar-refractivity contribution in [3.05, 3.63) is 34.9 Å². The molecule has 4 rings (SSSR count). The van der Waals surface area contributed by atoms with Gasteiger partial charge in [-0.1, -0.05) is 6.07 Å². The summed E-state index contributed by atoms with van der Waals surface area (Å²) in [6.45, 7) is 6.88. The van der Waals surface area contributed by atoms with Gasteiger partial charge in [-0.2, -0.15) is 10.2 Å². The molecule has 9 heteroatoms. The lowest BCUT2D eigenvalue weighted by atomic mass is 9.99. The Balaban J connectivity index is 0.00000117. The molecule has 0 atom stereocenters. The quantitative estimate of drug-likeness (QED) is 0.668. The Labute approximate surface area is 168 Å². The van der Waals surface area contributed by atoms with E-state index in [9.17, 15) is 5.26 Å². The second-order valence-corrected chi connectivity index (χ2v) is 6.53. The lowest BCUT2D eigenvalue weighted by molar-refractivity contribution is -0.0979. The highest BCUT2D eigenvalue weighted by Crippen LogP contribution is 2.41. The molecule has 0 unspecified atom stereocenters. The maximum Gasteiger partial charge on any atom is 0.226 e. The van der Waals surface area contributed by atoms with Crippen LogP contribution in [0.2, 0.25) is 0 Å². The van der Waals surface area contributed by atoms with E-state index in [0.29, 0.717) is 35.9 Å². The van der Waals surface area contributed by atoms with Crippen LogP contribution < -0.4 is 20.9 Å². The van der Waals surface area contributed by atoms with Crippen molar-refractivity contribution in [2.75, 3.05) is 50.9 Å². The number of hydrogen-bond donors (Lipinski definition) is 2. The van der Waals surface area contributed by atoms with E-state index in [0.717, 1.165) is 44.2 Å². The highest BCUT2D eigenvalue weighted by molar-refractivity contribution is 5.72. The van der Waals surface area contributed by atoms with E-state index < -0.39 is 0 Å². The van der Waals surface area contributed by atoms with Crippen LogP contribution in [0.3, 0.4) is 0 Å². The van der Waals surface area contributed by atoms with Gasteiger partial charge in [0, 0.05) is 37.7 Å². The van der Waals surface area contributed by atoms with Crippen molar-refractivity contribution in [3.8, 4) is 23.4 Å². The molecule has 0 bridgehead atoms. The number of aromatic nitrogens is 1. The van der Waals surface area contributed by atoms with Crippen molar-refractivity contribution < 1.29 is 19.0 Å². The molecular weight excluding hydrogens is 374 g/mol. The van der Waals surface area contributed by atoms with Gasteiger partial charge in [0.25, 0.3) is 0 Å². The molecule has 0 radical (unpaired) electrons. The molecule has 0 spiro atoms. The SMILES string of the molecule is C=O.N#Cc1c(N)nc2c(c1N)Cc1ccc(OCCN3CCOCC3)cc1O2. The molecule has 1 aromatic carbocycles. The number of pyridine rings is 1. The monoisotopic (exact) mass is 397 g/mol. The molecule has 0 amide bonds. The van der Waals surface area contributed by atoms with Crippen molar-refractivity contribution in [1.29, 1.82) is 5.26 Å². The third kappa shape index (κ3) is 4.39. The zero-order chi connectivity index (χ0) is 20.8. The van der Waals surface area contributed by atoms with E-state index >= 15 is 0 Å². The molecule has 2 aromatic rings. The summed E-state index contributed by atoms with van der Waals surface area (Å²) < 4.78 is 17.1. The number of carbonyl (C=O) groups is 1. The Kier molecular flexibility index (Phi) is 6.49. The summed E-state index contributed by atoms with van der Waals surface area (Å²) in [5.41, 5.74) is 14.1. The number of nitrogens with two attached hydrogens (primary N) is 2. The average molecular weight is 397 g/mol. The first-order valence-electron chi connectivity index (χ1n) is 9.16. The Morgan fingerprint density at radius 3 is 2.76 bits per heavy atom. The van der Waals surface area contributed by atoms with Crippen molar-refractivity contribution in [2.45, 2.75) is 6.42 Å². The first-order valence-corrected chi connectivity index (χ1v) is 9.16. The van der Waals surface area contributed by atoms with E-state index in [2.05, 4.69) is 9.88 Å². The summed E-state index contributed by atoms with van der Waals surface area (Å²) in [6.07, 6.45) is 0.534. The summed E-state index contributed by atoms with van der Waals surface area (Å²) in [5, 5.41) is 9.19. The van der Waals surface area contributed by atoms with Gasteiger partial charge in [-0.05, 0) is 11.6 Å². The fourth-order valence-electron chi connectivity index (χ4n) is 3.29. The summed E-state index contributed by atoms with van der Waals surface area (Å²) >= 11 is 0. The molecule has 0 aliphatic carbocycles. The number of hydrogen-bond acceptors (Lipinski definition) is 9. The Bertz CT molecular complexity index is 922. The van der Waals surface area contributed by atoms with Gasteiger partial charge in [-0.3, -0.25) is 4.90 Å². The predicted octanol–water partition coefficient (Wildman–Crippen LogP) is 1.34. The number of fused-ring (bicyclic) bond motifs is 2. The summed E-state index contributed by atoms with van der Waals surface area (Å²) in [4.78, 5) is 14.5. The highest BCUT2D eigenvalue weighted by Gasteiger charge is 2.24. The predicted molar refractivity (Wildman–Crippen MR) is 107 cm³/mol. The minimum Gasteiger partial charge on any atom is -0.492 e. The van der Waals surface area contributed by atoms with Gasteiger partial charge < -0.3 is 30.5 Å². The van der Waals surface area contributed by atoms with Crippen LogP contribution in [0.25, 0.3) is 0 Å². The second-order valence-electron chi connectivity index (χ2n) is 6.53. The molecule has 152 valence electrons. The van der Waals surface area contributed by atoms with Gasteiger partial charge in [0.1, 0.15) is 42.3 Å². The van der Waals surface area contributed by atoms with Gasteiger partial charge in [-0.25, -0.2) is 0 Å². The van der Waals surface area contributed by atoms with Crippen molar-refractivity contribution in [3.63, 3.8) is 0 Å². The second kappa shape index (κ2) is 9.23. The molecule has 4 N–H and O–H groups in total. The largest absolute Gasteiger partial charge is 0.492 e. The van der Waals surface area contributed by atoms with E-state index in [1.165, 1.54) is 0 Å². The van der Waals surface area contributed by atoms with Gasteiger partial charge >= 0.3 is 0 Å². The molecular formula is C20H23N5O4. The van der Waals surface area contributed by atoms with E-state index in [1.54, 1.807) is 0 Å². The van der Waals surface area contributed by atoms with Crippen molar-refractivity contribution in [1.82, 2.24) is 9.88 Å². The normalized spacial score (nSPS) is 15.0. The third-order valence-corrected chi connectivity index (χ3v) is 4.83. The van der Waals surface area contributed by atoms with E-state index in [4.69, 9.17) is 30.5 Å². The minimum atomic E-state index is 0.0788. The Hall–Kier alpha value is -3.35. The lowest BCUT2D eigenvalue weighted by Crippen LogP contribution is -2.38. The number of nitriles is 1. The fourth-order valence-corrected chi connectivity index (χ4v) is 3.29. The van der Waals surface area contributed by atoms with Crippen LogP contribution in [-0.4, -0.2) is 56.1 Å². The van der Waals surface area contributed by atoms with Crippen molar-refractivity contribution >= 4 is 18.3 Å². The number of anilines is 2. The van der Waals surface area contributed by atoms with Gasteiger partial charge in [0.15, 0.2) is 0 Å². The fraction of sp³-hybridized carbons (Fsp3) is 0.350. The highest BCUT2D eigenvalue weighted by atomic mass is 16.5. The number of rotatable bonds is 4. The maximum atomic E-state index is 9.19. The summed E-state index contributed by atoms with van der Waals surface area (Å²) in [5.74, 6) is 1.83. The van der Waals surface area contributed by atoms with Crippen LogP contribution >= 0.6 is 0 Å². The number of benzene rings is 1. The van der Waals surface area contributed by atoms with Crippen LogP contribution in [0, 0.1) is 11.3 Å². The first-order chi connectivity index (χ1) is 14.2. The van der Waals surface area contributed by atoms with E-state index in [1.807, 2.05) is 31.1 Å². The molecule has 2 aliphatic rings. The van der Waals surface area contributed by atoms with Crippen LogP contribution in [0.5, 0.6) is 17.4 Å². The van der Waals surface area contributed by atoms with Crippen LogP contribution in [0.15, 0.2) is 18.2 Å². The molecule has 1 fully saturated rings. The standard InChI is InChI=1S/C19H21N5O3.CH2O/c20-11-15-17(21)14-9-12-1-2-13(10-16(12)27-19(14)23-18(15)22)26-8-5-24-3-6-25-7-4-24;1-2/h1-2,10H,3-9H2,(H4,21,22,23);1H2. The molecule has 2 aliphatic heterocycles. The number of carbonyl (C=O) groups excluding carboxylic acids is 1. The number of nitrogens with zero attached hydrogens (tertiary/aromatic N) is 3. The number of morpholine rings is 1. The average Bonchev–Trinajstić information content (AvgIpc) is 2.75. The number of ether oxygens (including phenoxy) is 3. The van der Waals surface area contributed by atoms with Gasteiger partial charge in [-0.15, -0.1) is 0 Å². The molecule has 1 aromatic heterocycles. The van der Waals surface area contributed by atoms with Gasteiger partial charge in [0.2, 0.25) is 5.88 Å². The number of nitrogen functional groups attached to an aromatic ring is 2.